The smallest absolute Gasteiger partial charge is 0.306 e. The molecule has 1 aromatic carbocycles. The van der Waals surface area contributed by atoms with Crippen LogP contribution in [0.25, 0.3) is 0 Å². The van der Waals surface area contributed by atoms with Gasteiger partial charge in [-0.1, -0.05) is 18.9 Å². The number of nitrogens with one attached hydrogen (secondary N) is 1. The van der Waals surface area contributed by atoms with E-state index in [4.69, 9.17) is 14.2 Å². The summed E-state index contributed by atoms with van der Waals surface area (Å²) in [4.78, 5) is 23.4. The Morgan fingerprint density at radius 1 is 1.17 bits per heavy atom. The van der Waals surface area contributed by atoms with Crippen LogP contribution in [-0.2, 0) is 20.7 Å². The lowest BCUT2D eigenvalue weighted by Crippen LogP contribution is -2.35. The van der Waals surface area contributed by atoms with E-state index >= 15 is 0 Å². The highest BCUT2D eigenvalue weighted by Crippen LogP contribution is 2.32. The fourth-order valence-corrected chi connectivity index (χ4v) is 2.90. The third-order valence-corrected chi connectivity index (χ3v) is 4.14. The molecule has 1 fully saturated rings. The monoisotopic (exact) mass is 319 g/mol. The minimum Gasteiger partial charge on any atom is -0.456 e. The molecule has 1 N–H and O–H groups in total. The summed E-state index contributed by atoms with van der Waals surface area (Å²) in [5, 5.41) is 2.89. The van der Waals surface area contributed by atoms with E-state index in [1.54, 1.807) is 0 Å². The Labute approximate surface area is 135 Å². The molecule has 1 saturated carbocycles. The first kappa shape index (κ1) is 15.6. The summed E-state index contributed by atoms with van der Waals surface area (Å²) in [6.07, 6.45) is 5.12. The summed E-state index contributed by atoms with van der Waals surface area (Å²) < 4.78 is 15.6. The molecule has 1 aromatic rings. The molecule has 1 aliphatic carbocycles. The molecular formula is C17H21NO5. The van der Waals surface area contributed by atoms with Crippen LogP contribution in [0.15, 0.2) is 18.2 Å². The van der Waals surface area contributed by atoms with Crippen molar-refractivity contribution in [1.82, 2.24) is 5.32 Å². The molecule has 0 radical (unpaired) electrons. The number of amides is 1. The quantitative estimate of drug-likeness (QED) is 0.811. The van der Waals surface area contributed by atoms with E-state index < -0.39 is 0 Å². The van der Waals surface area contributed by atoms with Gasteiger partial charge in [-0.2, -0.15) is 0 Å². The molecule has 2 aliphatic rings. The van der Waals surface area contributed by atoms with Gasteiger partial charge >= 0.3 is 5.97 Å². The number of fused-ring (bicyclic) bond motifs is 1. The maximum Gasteiger partial charge on any atom is 0.306 e. The second-order valence-corrected chi connectivity index (χ2v) is 5.90. The maximum atomic E-state index is 11.7. The lowest BCUT2D eigenvalue weighted by Gasteiger charge is -2.11. The zero-order valence-electron chi connectivity index (χ0n) is 13.0. The van der Waals surface area contributed by atoms with Crippen molar-refractivity contribution in [3.63, 3.8) is 0 Å². The fourth-order valence-electron chi connectivity index (χ4n) is 2.90. The number of rotatable bonds is 6. The summed E-state index contributed by atoms with van der Waals surface area (Å²) in [7, 11) is 0. The van der Waals surface area contributed by atoms with Crippen LogP contribution in [0.3, 0.4) is 0 Å². The standard InChI is InChI=1S/C17H21NO5/c19-16(18-13-3-1-2-4-13)10-21-17(20)8-6-12-5-7-14-15(9-12)23-11-22-14/h5,7,9,13H,1-4,6,8,10-11H2,(H,18,19). The second kappa shape index (κ2) is 7.35. The van der Waals surface area contributed by atoms with Gasteiger partial charge in [0.1, 0.15) is 0 Å². The summed E-state index contributed by atoms with van der Waals surface area (Å²) >= 11 is 0. The third-order valence-electron chi connectivity index (χ3n) is 4.14. The van der Waals surface area contributed by atoms with Crippen LogP contribution < -0.4 is 14.8 Å². The van der Waals surface area contributed by atoms with E-state index in [1.165, 1.54) is 0 Å². The summed E-state index contributed by atoms with van der Waals surface area (Å²) in [5.74, 6) is 0.837. The van der Waals surface area contributed by atoms with Gasteiger partial charge in [-0.3, -0.25) is 9.59 Å². The van der Waals surface area contributed by atoms with Gasteiger partial charge in [0.25, 0.3) is 5.91 Å². The van der Waals surface area contributed by atoms with Gasteiger partial charge in [-0.05, 0) is 37.0 Å². The van der Waals surface area contributed by atoms with Gasteiger partial charge in [0.05, 0.1) is 0 Å². The number of hydrogen-bond donors (Lipinski definition) is 1. The molecule has 1 aliphatic heterocycles. The molecule has 0 atom stereocenters. The minimum atomic E-state index is -0.371. The highest BCUT2D eigenvalue weighted by Gasteiger charge is 2.18. The SMILES string of the molecule is O=C(COC(=O)CCc1ccc2c(c1)OCO2)NC1CCCC1. The van der Waals surface area contributed by atoms with Crippen LogP contribution in [0, 0.1) is 0 Å². The highest BCUT2D eigenvalue weighted by atomic mass is 16.7. The van der Waals surface area contributed by atoms with E-state index in [0.717, 1.165) is 37.0 Å². The first-order chi connectivity index (χ1) is 11.2. The molecule has 23 heavy (non-hydrogen) atoms. The molecule has 3 rings (SSSR count). The van der Waals surface area contributed by atoms with Gasteiger partial charge in [-0.15, -0.1) is 0 Å². The molecule has 124 valence electrons. The number of benzene rings is 1. The van der Waals surface area contributed by atoms with Crippen molar-refractivity contribution in [3.8, 4) is 11.5 Å². The topological polar surface area (TPSA) is 73.9 Å². The number of carbonyl (C=O) groups excluding carboxylic acids is 2. The Bertz CT molecular complexity index is 580. The van der Waals surface area contributed by atoms with E-state index in [9.17, 15) is 9.59 Å². The molecule has 6 heteroatoms. The maximum absolute atomic E-state index is 11.7. The Morgan fingerprint density at radius 2 is 1.96 bits per heavy atom. The Morgan fingerprint density at radius 3 is 2.78 bits per heavy atom. The van der Waals surface area contributed by atoms with Crippen LogP contribution in [0.1, 0.15) is 37.7 Å². The van der Waals surface area contributed by atoms with Crippen molar-refractivity contribution in [2.75, 3.05) is 13.4 Å². The van der Waals surface area contributed by atoms with Gasteiger partial charge < -0.3 is 19.5 Å². The van der Waals surface area contributed by atoms with Crippen molar-refractivity contribution in [3.05, 3.63) is 23.8 Å². The van der Waals surface area contributed by atoms with E-state index in [-0.39, 0.29) is 37.7 Å². The number of aryl methyl sites for hydroxylation is 1. The summed E-state index contributed by atoms with van der Waals surface area (Å²) in [6.45, 7) is 0.0351. The largest absolute Gasteiger partial charge is 0.456 e. The Hall–Kier alpha value is -2.24. The van der Waals surface area contributed by atoms with Crippen molar-refractivity contribution < 1.29 is 23.8 Å². The van der Waals surface area contributed by atoms with E-state index in [2.05, 4.69) is 5.32 Å². The van der Waals surface area contributed by atoms with Gasteiger partial charge in [0.15, 0.2) is 18.1 Å². The predicted octanol–water partition coefficient (Wildman–Crippen LogP) is 1.95. The molecular weight excluding hydrogens is 298 g/mol. The highest BCUT2D eigenvalue weighted by molar-refractivity contribution is 5.80. The van der Waals surface area contributed by atoms with Crippen LogP contribution in [-0.4, -0.2) is 31.3 Å². The molecule has 0 bridgehead atoms. The van der Waals surface area contributed by atoms with Crippen LogP contribution in [0.2, 0.25) is 0 Å². The van der Waals surface area contributed by atoms with Gasteiger partial charge in [-0.25, -0.2) is 0 Å². The first-order valence-electron chi connectivity index (χ1n) is 8.04. The normalized spacial score (nSPS) is 16.3. The zero-order valence-corrected chi connectivity index (χ0v) is 13.0. The molecule has 0 unspecified atom stereocenters. The molecule has 1 heterocycles. The second-order valence-electron chi connectivity index (χ2n) is 5.90. The molecule has 1 amide bonds. The zero-order chi connectivity index (χ0) is 16.1. The summed E-state index contributed by atoms with van der Waals surface area (Å²) in [5.41, 5.74) is 0.974. The minimum absolute atomic E-state index is 0.198. The number of ether oxygens (including phenoxy) is 3. The average Bonchev–Trinajstić information content (AvgIpc) is 3.21. The van der Waals surface area contributed by atoms with E-state index in [1.807, 2.05) is 18.2 Å². The first-order valence-corrected chi connectivity index (χ1v) is 8.04. The van der Waals surface area contributed by atoms with Crippen molar-refractivity contribution in [2.45, 2.75) is 44.6 Å². The van der Waals surface area contributed by atoms with Crippen LogP contribution in [0.4, 0.5) is 0 Å². The Kier molecular flexibility index (Phi) is 5.00. The van der Waals surface area contributed by atoms with Crippen LogP contribution in [0.5, 0.6) is 11.5 Å². The predicted molar refractivity (Wildman–Crippen MR) is 82.2 cm³/mol. The number of hydrogen-bond acceptors (Lipinski definition) is 5. The molecule has 6 nitrogen and oxygen atoms in total. The lowest BCUT2D eigenvalue weighted by molar-refractivity contribution is -0.148. The van der Waals surface area contributed by atoms with Crippen LogP contribution >= 0.6 is 0 Å². The number of esters is 1. The van der Waals surface area contributed by atoms with Crippen molar-refractivity contribution >= 4 is 11.9 Å². The fraction of sp³-hybridized carbons (Fsp3) is 0.529. The van der Waals surface area contributed by atoms with Crippen molar-refractivity contribution in [1.29, 1.82) is 0 Å². The van der Waals surface area contributed by atoms with Gasteiger partial charge in [0, 0.05) is 12.5 Å². The lowest BCUT2D eigenvalue weighted by atomic mass is 10.1. The average molecular weight is 319 g/mol. The van der Waals surface area contributed by atoms with E-state index in [0.29, 0.717) is 12.2 Å². The number of carbonyl (C=O) groups is 2. The summed E-state index contributed by atoms with van der Waals surface area (Å²) in [6, 6.07) is 5.84. The third kappa shape index (κ3) is 4.37. The van der Waals surface area contributed by atoms with Crippen molar-refractivity contribution in [2.24, 2.45) is 0 Å². The Balaban J connectivity index is 1.37. The van der Waals surface area contributed by atoms with Gasteiger partial charge in [0.2, 0.25) is 6.79 Å². The molecule has 0 saturated heterocycles. The molecule has 0 aromatic heterocycles. The molecule has 0 spiro atoms.